The second-order valence-corrected chi connectivity index (χ2v) is 9.16. The highest BCUT2D eigenvalue weighted by Gasteiger charge is 2.26. The van der Waals surface area contributed by atoms with E-state index in [1.807, 2.05) is 39.0 Å². The van der Waals surface area contributed by atoms with Gasteiger partial charge in [-0.3, -0.25) is 4.98 Å². The molecule has 0 bridgehead atoms. The second-order valence-electron chi connectivity index (χ2n) is 9.16. The molecule has 0 saturated carbocycles. The Kier molecular flexibility index (Phi) is 6.21. The number of nitrogens with one attached hydrogen (secondary N) is 1. The molecule has 6 heteroatoms. The zero-order valence-corrected chi connectivity index (χ0v) is 19.4. The van der Waals surface area contributed by atoms with Gasteiger partial charge in [-0.15, -0.1) is 0 Å². The molecule has 6 nitrogen and oxygen atoms in total. The van der Waals surface area contributed by atoms with Crippen LogP contribution in [0.2, 0.25) is 0 Å². The highest BCUT2D eigenvalue weighted by molar-refractivity contribution is 5.95. The quantitative estimate of drug-likeness (QED) is 0.582. The standard InChI is InChI=1S/C26H32N4O2/c1-5-19-17-23(28-20-9-7-6-8-10-20)22-12-11-21(18-24(22)27-19)29-13-15-30(16-14-29)25(31)32-26(2,3)4/h6-12,17-18H,5,13-16H2,1-4H3,(H,27,28). The van der Waals surface area contributed by atoms with Gasteiger partial charge in [0.2, 0.25) is 0 Å². The van der Waals surface area contributed by atoms with Crippen LogP contribution in [-0.4, -0.2) is 47.8 Å². The Balaban J connectivity index is 1.53. The molecular formula is C26H32N4O2. The molecule has 168 valence electrons. The van der Waals surface area contributed by atoms with E-state index in [2.05, 4.69) is 53.5 Å². The van der Waals surface area contributed by atoms with E-state index in [9.17, 15) is 4.79 Å². The maximum atomic E-state index is 12.4. The van der Waals surface area contributed by atoms with Crippen LogP contribution >= 0.6 is 0 Å². The molecule has 1 amide bonds. The van der Waals surface area contributed by atoms with E-state index in [-0.39, 0.29) is 6.09 Å². The summed E-state index contributed by atoms with van der Waals surface area (Å²) in [5.41, 5.74) is 4.83. The molecule has 0 atom stereocenters. The van der Waals surface area contributed by atoms with Gasteiger partial charge in [0.25, 0.3) is 0 Å². The normalized spacial score (nSPS) is 14.5. The van der Waals surface area contributed by atoms with Crippen LogP contribution < -0.4 is 10.2 Å². The van der Waals surface area contributed by atoms with Crippen molar-refractivity contribution in [1.29, 1.82) is 0 Å². The number of amides is 1. The molecule has 32 heavy (non-hydrogen) atoms. The first-order valence-corrected chi connectivity index (χ1v) is 11.3. The number of piperazine rings is 1. The molecule has 0 spiro atoms. The van der Waals surface area contributed by atoms with Gasteiger partial charge in [-0.05, 0) is 63.6 Å². The molecule has 1 saturated heterocycles. The fourth-order valence-electron chi connectivity index (χ4n) is 3.90. The number of aromatic nitrogens is 1. The average Bonchev–Trinajstić information content (AvgIpc) is 2.78. The number of aryl methyl sites for hydroxylation is 1. The fourth-order valence-corrected chi connectivity index (χ4v) is 3.90. The molecule has 3 aromatic rings. The van der Waals surface area contributed by atoms with Gasteiger partial charge in [0.1, 0.15) is 5.60 Å². The van der Waals surface area contributed by atoms with Crippen LogP contribution in [0.5, 0.6) is 0 Å². The number of fused-ring (bicyclic) bond motifs is 1. The van der Waals surface area contributed by atoms with Crippen LogP contribution in [0.4, 0.5) is 21.9 Å². The first-order chi connectivity index (χ1) is 15.3. The summed E-state index contributed by atoms with van der Waals surface area (Å²) in [5.74, 6) is 0. The third-order valence-corrected chi connectivity index (χ3v) is 5.56. The zero-order chi connectivity index (χ0) is 22.7. The zero-order valence-electron chi connectivity index (χ0n) is 19.4. The topological polar surface area (TPSA) is 57.7 Å². The number of anilines is 3. The van der Waals surface area contributed by atoms with E-state index in [0.29, 0.717) is 13.1 Å². The van der Waals surface area contributed by atoms with Crippen LogP contribution in [0.1, 0.15) is 33.4 Å². The Bertz CT molecular complexity index is 1080. The van der Waals surface area contributed by atoms with Crippen LogP contribution in [0.3, 0.4) is 0 Å². The van der Waals surface area contributed by atoms with Crippen LogP contribution in [0.25, 0.3) is 10.9 Å². The van der Waals surface area contributed by atoms with Crippen LogP contribution in [0, 0.1) is 0 Å². The lowest BCUT2D eigenvalue weighted by Crippen LogP contribution is -2.50. The van der Waals surface area contributed by atoms with Crippen molar-refractivity contribution in [2.45, 2.75) is 39.7 Å². The molecule has 1 aliphatic heterocycles. The number of ether oxygens (including phenoxy) is 1. The Morgan fingerprint density at radius 2 is 1.75 bits per heavy atom. The molecule has 0 radical (unpaired) electrons. The molecule has 1 N–H and O–H groups in total. The molecule has 2 aromatic carbocycles. The summed E-state index contributed by atoms with van der Waals surface area (Å²) in [6, 6.07) is 18.8. The highest BCUT2D eigenvalue weighted by atomic mass is 16.6. The van der Waals surface area contributed by atoms with E-state index >= 15 is 0 Å². The molecule has 2 heterocycles. The molecule has 0 unspecified atom stereocenters. The van der Waals surface area contributed by atoms with Crippen molar-refractivity contribution < 1.29 is 9.53 Å². The predicted octanol–water partition coefficient (Wildman–Crippen LogP) is 5.60. The van der Waals surface area contributed by atoms with Gasteiger partial charge in [-0.25, -0.2) is 4.79 Å². The molecule has 1 fully saturated rings. The largest absolute Gasteiger partial charge is 0.444 e. The van der Waals surface area contributed by atoms with Gasteiger partial charge in [-0.2, -0.15) is 0 Å². The lowest BCUT2D eigenvalue weighted by molar-refractivity contribution is 0.0240. The summed E-state index contributed by atoms with van der Waals surface area (Å²) in [7, 11) is 0. The lowest BCUT2D eigenvalue weighted by atomic mass is 10.1. The predicted molar refractivity (Wildman–Crippen MR) is 131 cm³/mol. The second kappa shape index (κ2) is 9.07. The van der Waals surface area contributed by atoms with E-state index in [4.69, 9.17) is 9.72 Å². The van der Waals surface area contributed by atoms with Gasteiger partial charge in [0.05, 0.1) is 5.52 Å². The summed E-state index contributed by atoms with van der Waals surface area (Å²) in [6.45, 7) is 10.7. The van der Waals surface area contributed by atoms with Crippen molar-refractivity contribution in [2.75, 3.05) is 36.4 Å². The maximum absolute atomic E-state index is 12.4. The Morgan fingerprint density at radius 1 is 1.03 bits per heavy atom. The molecule has 1 aliphatic rings. The number of hydrogen-bond donors (Lipinski definition) is 1. The summed E-state index contributed by atoms with van der Waals surface area (Å²) in [4.78, 5) is 21.3. The minimum Gasteiger partial charge on any atom is -0.444 e. The van der Waals surface area contributed by atoms with E-state index in [0.717, 1.165) is 53.2 Å². The molecule has 4 rings (SSSR count). The molecule has 1 aromatic heterocycles. The highest BCUT2D eigenvalue weighted by Crippen LogP contribution is 2.30. The SMILES string of the molecule is CCc1cc(Nc2ccccc2)c2ccc(N3CCN(C(=O)OC(C)(C)C)CC3)cc2n1. The molecular weight excluding hydrogens is 400 g/mol. The van der Waals surface area contributed by atoms with E-state index in [1.165, 1.54) is 0 Å². The van der Waals surface area contributed by atoms with Crippen molar-refractivity contribution in [2.24, 2.45) is 0 Å². The number of hydrogen-bond acceptors (Lipinski definition) is 5. The first kappa shape index (κ1) is 21.9. The first-order valence-electron chi connectivity index (χ1n) is 11.3. The number of rotatable bonds is 4. The smallest absolute Gasteiger partial charge is 0.410 e. The van der Waals surface area contributed by atoms with Crippen LogP contribution in [-0.2, 0) is 11.2 Å². The summed E-state index contributed by atoms with van der Waals surface area (Å²) >= 11 is 0. The maximum Gasteiger partial charge on any atom is 0.410 e. The van der Waals surface area contributed by atoms with Crippen molar-refractivity contribution in [1.82, 2.24) is 9.88 Å². The van der Waals surface area contributed by atoms with Gasteiger partial charge in [-0.1, -0.05) is 25.1 Å². The number of carbonyl (C=O) groups excluding carboxylic acids is 1. The minimum atomic E-state index is -0.472. The number of benzene rings is 2. The third kappa shape index (κ3) is 5.13. The molecule has 0 aliphatic carbocycles. The number of para-hydroxylation sites is 1. The van der Waals surface area contributed by atoms with Gasteiger partial charge < -0.3 is 19.9 Å². The Morgan fingerprint density at radius 3 is 2.41 bits per heavy atom. The van der Waals surface area contributed by atoms with Gasteiger partial charge >= 0.3 is 6.09 Å². The van der Waals surface area contributed by atoms with Crippen LogP contribution in [0.15, 0.2) is 54.6 Å². The minimum absolute atomic E-state index is 0.235. The van der Waals surface area contributed by atoms with Gasteiger partial charge in [0.15, 0.2) is 0 Å². The van der Waals surface area contributed by atoms with Crippen molar-refractivity contribution in [3.05, 3.63) is 60.3 Å². The number of nitrogens with zero attached hydrogens (tertiary/aromatic N) is 3. The summed E-state index contributed by atoms with van der Waals surface area (Å²) < 4.78 is 5.51. The fraction of sp³-hybridized carbons (Fsp3) is 0.385. The van der Waals surface area contributed by atoms with E-state index < -0.39 is 5.60 Å². The summed E-state index contributed by atoms with van der Waals surface area (Å²) in [6.07, 6.45) is 0.639. The number of pyridine rings is 1. The monoisotopic (exact) mass is 432 g/mol. The van der Waals surface area contributed by atoms with E-state index in [1.54, 1.807) is 4.90 Å². The Hall–Kier alpha value is -3.28. The lowest BCUT2D eigenvalue weighted by Gasteiger charge is -2.36. The Labute approximate surface area is 190 Å². The van der Waals surface area contributed by atoms with Gasteiger partial charge in [0, 0.05) is 54.3 Å². The third-order valence-electron chi connectivity index (χ3n) is 5.56. The van der Waals surface area contributed by atoms with Crippen molar-refractivity contribution >= 4 is 34.1 Å². The van der Waals surface area contributed by atoms with Crippen molar-refractivity contribution in [3.8, 4) is 0 Å². The average molecular weight is 433 g/mol. The number of carbonyl (C=O) groups is 1. The van der Waals surface area contributed by atoms with Crippen molar-refractivity contribution in [3.63, 3.8) is 0 Å². The summed E-state index contributed by atoms with van der Waals surface area (Å²) in [5, 5.41) is 4.65.